The van der Waals surface area contributed by atoms with E-state index >= 15 is 0 Å². The number of carbonyl (C=O) groups excluding carboxylic acids is 1. The van der Waals surface area contributed by atoms with Gasteiger partial charge in [-0.1, -0.05) is 91.0 Å². The molecule has 0 aliphatic rings. The summed E-state index contributed by atoms with van der Waals surface area (Å²) in [6.45, 7) is 5.33. The van der Waals surface area contributed by atoms with Crippen molar-refractivity contribution in [2.75, 3.05) is 13.6 Å². The number of halogens is 2. The maximum Gasteiger partial charge on any atom is 0.190 e. The molecule has 0 radical (unpaired) electrons. The lowest BCUT2D eigenvalue weighted by molar-refractivity contribution is -0.110. The van der Waals surface area contributed by atoms with Crippen LogP contribution in [0.2, 0.25) is 5.02 Å². The summed E-state index contributed by atoms with van der Waals surface area (Å²) >= 11 is 6.12. The van der Waals surface area contributed by atoms with Gasteiger partial charge in [-0.25, -0.2) is 0 Å². The Labute approximate surface area is 189 Å². The number of likely N-dealkylation sites (N-methyl/N-ethyl adjacent to an activating group) is 1. The molecule has 0 spiro atoms. The number of allylic oxidation sites excluding steroid dienone is 1. The lowest BCUT2D eigenvalue weighted by Gasteiger charge is -2.18. The summed E-state index contributed by atoms with van der Waals surface area (Å²) in [5, 5.41) is 0.639. The van der Waals surface area contributed by atoms with Crippen molar-refractivity contribution in [3.8, 4) is 0 Å². The summed E-state index contributed by atoms with van der Waals surface area (Å²) in [7, 11) is 1.99. The van der Waals surface area contributed by atoms with Crippen LogP contribution in [-0.2, 0) is 11.3 Å². The highest BCUT2D eigenvalue weighted by Gasteiger charge is 2.17. The van der Waals surface area contributed by atoms with Gasteiger partial charge in [-0.3, -0.25) is 9.69 Å². The largest absolute Gasteiger partial charge is 0.298 e. The summed E-state index contributed by atoms with van der Waals surface area (Å²) in [5.74, 6) is -0.0592. The van der Waals surface area contributed by atoms with Crippen LogP contribution in [0.1, 0.15) is 16.7 Å². The monoisotopic (exact) mass is 437 g/mol. The molecule has 0 amide bonds. The van der Waals surface area contributed by atoms with Crippen molar-refractivity contribution in [2.45, 2.75) is 6.54 Å². The third-order valence-corrected chi connectivity index (χ3v) is 4.80. The second-order valence-corrected chi connectivity index (χ2v) is 7.51. The molecule has 0 bridgehead atoms. The van der Waals surface area contributed by atoms with Crippen molar-refractivity contribution in [1.29, 1.82) is 0 Å². The highest BCUT2D eigenvalue weighted by Crippen LogP contribution is 2.23. The first-order valence-corrected chi connectivity index (χ1v) is 9.88. The zero-order valence-corrected chi connectivity index (χ0v) is 18.5. The third kappa shape index (κ3) is 6.70. The molecule has 0 N–H and O–H groups in total. The Balaban J connectivity index is 0.00000320. The maximum absolute atomic E-state index is 13.3. The topological polar surface area (TPSA) is 20.3 Å². The van der Waals surface area contributed by atoms with E-state index < -0.39 is 0 Å². The minimum Gasteiger partial charge on any atom is -0.298 e. The number of Topliss-reactive ketones (excluding diaryl/α,β-unsaturated/α-hetero) is 1. The first-order valence-electron chi connectivity index (χ1n) is 9.50. The number of ketones is 1. The molecule has 3 aromatic rings. The van der Waals surface area contributed by atoms with E-state index in [1.165, 1.54) is 5.56 Å². The fraction of sp³-hybridized carbons (Fsp3) is 0.115. The number of rotatable bonds is 8. The average molecular weight is 438 g/mol. The van der Waals surface area contributed by atoms with Gasteiger partial charge < -0.3 is 0 Å². The average Bonchev–Trinajstić information content (AvgIpc) is 2.73. The quantitative estimate of drug-likeness (QED) is 0.293. The second-order valence-electron chi connectivity index (χ2n) is 7.07. The van der Waals surface area contributed by atoms with Crippen LogP contribution in [0, 0.1) is 0 Å². The molecule has 0 aromatic heterocycles. The Morgan fingerprint density at radius 3 is 2.23 bits per heavy atom. The molecule has 0 atom stereocenters. The van der Waals surface area contributed by atoms with Gasteiger partial charge in [0.05, 0.1) is 0 Å². The summed E-state index contributed by atoms with van der Waals surface area (Å²) < 4.78 is 0. The predicted octanol–water partition coefficient (Wildman–Crippen LogP) is 6.56. The van der Waals surface area contributed by atoms with Crippen molar-refractivity contribution in [2.24, 2.45) is 0 Å². The maximum atomic E-state index is 13.3. The van der Waals surface area contributed by atoms with Crippen molar-refractivity contribution < 1.29 is 4.79 Å². The van der Waals surface area contributed by atoms with E-state index in [1.54, 1.807) is 0 Å². The summed E-state index contributed by atoms with van der Waals surface area (Å²) in [4.78, 5) is 15.4. The first-order chi connectivity index (χ1) is 14.0. The van der Waals surface area contributed by atoms with E-state index in [9.17, 15) is 4.79 Å². The Morgan fingerprint density at radius 1 is 0.967 bits per heavy atom. The van der Waals surface area contributed by atoms with Gasteiger partial charge in [-0.15, -0.1) is 12.4 Å². The van der Waals surface area contributed by atoms with E-state index in [-0.39, 0.29) is 18.2 Å². The van der Waals surface area contributed by atoms with Crippen molar-refractivity contribution in [1.82, 2.24) is 4.90 Å². The van der Waals surface area contributed by atoms with E-state index in [0.29, 0.717) is 22.7 Å². The minimum absolute atomic E-state index is 0. The van der Waals surface area contributed by atoms with Gasteiger partial charge in [0.2, 0.25) is 0 Å². The molecule has 3 aromatic carbocycles. The van der Waals surface area contributed by atoms with Crippen LogP contribution in [0.25, 0.3) is 11.6 Å². The van der Waals surface area contributed by atoms with E-state index in [1.807, 2.05) is 85.9 Å². The van der Waals surface area contributed by atoms with Crippen LogP contribution >= 0.6 is 24.0 Å². The molecule has 0 fully saturated rings. The molecule has 2 nitrogen and oxygen atoms in total. The molecule has 0 aliphatic heterocycles. The van der Waals surface area contributed by atoms with Crippen molar-refractivity contribution in [3.63, 3.8) is 0 Å². The second kappa shape index (κ2) is 11.5. The highest BCUT2D eigenvalue weighted by atomic mass is 35.5. The molecule has 0 heterocycles. The predicted molar refractivity (Wildman–Crippen MR) is 130 cm³/mol. The Kier molecular flexibility index (Phi) is 9.07. The minimum atomic E-state index is -0.0592. The van der Waals surface area contributed by atoms with E-state index in [4.69, 9.17) is 11.6 Å². The molecule has 0 unspecified atom stereocenters. The van der Waals surface area contributed by atoms with Crippen LogP contribution in [0.4, 0.5) is 0 Å². The van der Waals surface area contributed by atoms with Crippen molar-refractivity contribution in [3.05, 3.63) is 119 Å². The molecule has 0 saturated carbocycles. The fourth-order valence-corrected chi connectivity index (χ4v) is 3.40. The molecule has 0 aliphatic carbocycles. The Hall–Kier alpha value is -2.65. The van der Waals surface area contributed by atoms with Gasteiger partial charge in [0.15, 0.2) is 5.78 Å². The Morgan fingerprint density at radius 2 is 1.60 bits per heavy atom. The van der Waals surface area contributed by atoms with Gasteiger partial charge in [0.1, 0.15) is 0 Å². The smallest absolute Gasteiger partial charge is 0.190 e. The lowest BCUT2D eigenvalue weighted by Crippen LogP contribution is -2.23. The zero-order valence-electron chi connectivity index (χ0n) is 16.9. The summed E-state index contributed by atoms with van der Waals surface area (Å²) in [6, 6.07) is 27.4. The summed E-state index contributed by atoms with van der Waals surface area (Å²) in [6.07, 6.45) is 1.88. The molecule has 4 heteroatoms. The van der Waals surface area contributed by atoms with Crippen LogP contribution in [-0.4, -0.2) is 24.3 Å². The number of carbonyl (C=O) groups is 1. The normalized spacial score (nSPS) is 11.1. The molecule has 154 valence electrons. The lowest BCUT2D eigenvalue weighted by atomic mass is 9.95. The SMILES string of the molecule is C=C(CN(C)Cc1ccccc1)C(=O)/C(=C/c1cccc(Cl)c1)c1ccccc1.Cl. The molecular formula is C26H25Cl2NO. The zero-order chi connectivity index (χ0) is 20.6. The van der Waals surface area contributed by atoms with Crippen LogP contribution in [0.5, 0.6) is 0 Å². The van der Waals surface area contributed by atoms with Gasteiger partial charge in [0.25, 0.3) is 0 Å². The number of hydrogen-bond acceptors (Lipinski definition) is 2. The Bertz CT molecular complexity index is 1010. The van der Waals surface area contributed by atoms with Gasteiger partial charge in [-0.2, -0.15) is 0 Å². The van der Waals surface area contributed by atoms with Crippen molar-refractivity contribution >= 4 is 41.4 Å². The number of nitrogens with zero attached hydrogens (tertiary/aromatic N) is 1. The van der Waals surface area contributed by atoms with Gasteiger partial charge in [0, 0.05) is 29.3 Å². The molecule has 0 saturated heterocycles. The molecule has 3 rings (SSSR count). The number of hydrogen-bond donors (Lipinski definition) is 0. The van der Waals surface area contributed by atoms with Gasteiger partial charge >= 0.3 is 0 Å². The molecule has 30 heavy (non-hydrogen) atoms. The van der Waals surface area contributed by atoms with Crippen LogP contribution < -0.4 is 0 Å². The highest BCUT2D eigenvalue weighted by molar-refractivity contribution is 6.33. The third-order valence-electron chi connectivity index (χ3n) is 4.57. The standard InChI is InChI=1S/C26H24ClNO.ClH/c1-20(18-28(2)19-21-10-5-3-6-11-21)26(29)25(23-13-7-4-8-14-23)17-22-12-9-15-24(27)16-22;/h3-17H,1,18-19H2,2H3;1H/b25-17+;. The fourth-order valence-electron chi connectivity index (χ4n) is 3.20. The van der Waals surface area contributed by atoms with Crippen LogP contribution in [0.3, 0.4) is 0 Å². The van der Waals surface area contributed by atoms with E-state index in [0.717, 1.165) is 17.7 Å². The number of benzene rings is 3. The first kappa shape index (κ1) is 23.6. The van der Waals surface area contributed by atoms with Crippen LogP contribution in [0.15, 0.2) is 97.1 Å². The summed E-state index contributed by atoms with van der Waals surface area (Å²) in [5.41, 5.74) is 4.12. The van der Waals surface area contributed by atoms with Gasteiger partial charge in [-0.05, 0) is 41.9 Å². The molecular weight excluding hydrogens is 413 g/mol. The van der Waals surface area contributed by atoms with E-state index in [2.05, 4.69) is 23.6 Å².